The fourth-order valence-corrected chi connectivity index (χ4v) is 2.05. The standard InChI is InChI=1S/C10H12BrNO/c1-12-10(5-6-10)7-3-2-4-8(11)9(7)13/h2-4,12-13H,5-6H2,1H3. The molecule has 2 N–H and O–H groups in total. The van der Waals surface area contributed by atoms with Crippen LogP contribution in [0.25, 0.3) is 0 Å². The van der Waals surface area contributed by atoms with Gasteiger partial charge in [-0.2, -0.15) is 0 Å². The van der Waals surface area contributed by atoms with E-state index in [2.05, 4.69) is 21.2 Å². The van der Waals surface area contributed by atoms with Crippen LogP contribution < -0.4 is 5.32 Å². The van der Waals surface area contributed by atoms with Crippen LogP contribution in [0.5, 0.6) is 5.75 Å². The summed E-state index contributed by atoms with van der Waals surface area (Å²) in [6.07, 6.45) is 2.21. The molecular formula is C10H12BrNO. The number of hydrogen-bond acceptors (Lipinski definition) is 2. The number of benzene rings is 1. The summed E-state index contributed by atoms with van der Waals surface area (Å²) in [5.74, 6) is 0.370. The first-order valence-electron chi connectivity index (χ1n) is 4.36. The van der Waals surface area contributed by atoms with Gasteiger partial charge in [0.05, 0.1) is 4.47 Å². The molecule has 1 fully saturated rings. The molecule has 2 nitrogen and oxygen atoms in total. The number of hydrogen-bond donors (Lipinski definition) is 2. The molecule has 0 unspecified atom stereocenters. The minimum Gasteiger partial charge on any atom is -0.506 e. The largest absolute Gasteiger partial charge is 0.506 e. The van der Waals surface area contributed by atoms with Crippen LogP contribution in [0.2, 0.25) is 0 Å². The van der Waals surface area contributed by atoms with Crippen LogP contribution in [0.1, 0.15) is 18.4 Å². The van der Waals surface area contributed by atoms with Gasteiger partial charge in [-0.1, -0.05) is 12.1 Å². The molecule has 1 aliphatic rings. The minimum absolute atomic E-state index is 0.0356. The van der Waals surface area contributed by atoms with E-state index in [0.29, 0.717) is 5.75 Å². The maximum absolute atomic E-state index is 9.82. The number of nitrogens with one attached hydrogen (secondary N) is 1. The van der Waals surface area contributed by atoms with Crippen LogP contribution in [0, 0.1) is 0 Å². The molecule has 70 valence electrons. The van der Waals surface area contributed by atoms with Crippen molar-refractivity contribution in [3.63, 3.8) is 0 Å². The Bertz CT molecular complexity index is 334. The molecule has 1 aromatic rings. The zero-order valence-electron chi connectivity index (χ0n) is 7.47. The molecule has 13 heavy (non-hydrogen) atoms. The van der Waals surface area contributed by atoms with Gasteiger partial charge in [-0.25, -0.2) is 0 Å². The van der Waals surface area contributed by atoms with Crippen molar-refractivity contribution in [2.45, 2.75) is 18.4 Å². The molecule has 3 heteroatoms. The Balaban J connectivity index is 2.46. The lowest BCUT2D eigenvalue weighted by Crippen LogP contribution is -2.24. The Morgan fingerprint density at radius 3 is 2.69 bits per heavy atom. The highest BCUT2D eigenvalue weighted by molar-refractivity contribution is 9.10. The number of phenols is 1. The van der Waals surface area contributed by atoms with Gasteiger partial charge in [0.15, 0.2) is 0 Å². The molecule has 0 spiro atoms. The topological polar surface area (TPSA) is 32.3 Å². The molecule has 1 aromatic carbocycles. The van der Waals surface area contributed by atoms with Gasteiger partial charge in [0.2, 0.25) is 0 Å². The van der Waals surface area contributed by atoms with Crippen LogP contribution in [0.15, 0.2) is 22.7 Å². The van der Waals surface area contributed by atoms with Gasteiger partial charge < -0.3 is 10.4 Å². The third-order valence-electron chi connectivity index (χ3n) is 2.73. The van der Waals surface area contributed by atoms with E-state index < -0.39 is 0 Å². The lowest BCUT2D eigenvalue weighted by atomic mass is 10.0. The fourth-order valence-electron chi connectivity index (χ4n) is 1.68. The van der Waals surface area contributed by atoms with Crippen LogP contribution in [0.3, 0.4) is 0 Å². The monoisotopic (exact) mass is 241 g/mol. The first-order chi connectivity index (χ1) is 6.19. The molecule has 1 aliphatic carbocycles. The predicted molar refractivity (Wildman–Crippen MR) is 55.8 cm³/mol. The van der Waals surface area contributed by atoms with Crippen molar-refractivity contribution >= 4 is 15.9 Å². The molecule has 2 rings (SSSR count). The van der Waals surface area contributed by atoms with Gasteiger partial charge in [-0.15, -0.1) is 0 Å². The molecule has 0 bridgehead atoms. The Morgan fingerprint density at radius 1 is 1.46 bits per heavy atom. The average Bonchev–Trinajstić information content (AvgIpc) is 2.90. The number of halogens is 1. The molecule has 0 heterocycles. The van der Waals surface area contributed by atoms with E-state index in [-0.39, 0.29) is 5.54 Å². The highest BCUT2D eigenvalue weighted by atomic mass is 79.9. The molecule has 0 amide bonds. The zero-order chi connectivity index (χ0) is 9.47. The van der Waals surface area contributed by atoms with Crippen molar-refractivity contribution in [1.29, 1.82) is 0 Å². The maximum atomic E-state index is 9.82. The van der Waals surface area contributed by atoms with E-state index >= 15 is 0 Å². The van der Waals surface area contributed by atoms with E-state index in [1.165, 1.54) is 0 Å². The summed E-state index contributed by atoms with van der Waals surface area (Å²) >= 11 is 3.32. The summed E-state index contributed by atoms with van der Waals surface area (Å²) in [6.45, 7) is 0. The molecule has 1 saturated carbocycles. The molecule has 0 atom stereocenters. The summed E-state index contributed by atoms with van der Waals surface area (Å²) in [7, 11) is 1.94. The van der Waals surface area contributed by atoms with Gasteiger partial charge in [-0.05, 0) is 41.9 Å². The summed E-state index contributed by atoms with van der Waals surface area (Å²) in [5.41, 5.74) is 1.04. The normalized spacial score (nSPS) is 18.6. The van der Waals surface area contributed by atoms with Crippen molar-refractivity contribution in [2.75, 3.05) is 7.05 Å². The van der Waals surface area contributed by atoms with E-state index in [9.17, 15) is 5.11 Å². The quantitative estimate of drug-likeness (QED) is 0.834. The van der Waals surface area contributed by atoms with E-state index in [1.54, 1.807) is 0 Å². The second-order valence-electron chi connectivity index (χ2n) is 3.47. The van der Waals surface area contributed by atoms with Crippen molar-refractivity contribution in [1.82, 2.24) is 5.32 Å². The lowest BCUT2D eigenvalue weighted by molar-refractivity contribution is 0.446. The third-order valence-corrected chi connectivity index (χ3v) is 3.37. The average molecular weight is 242 g/mol. The number of aromatic hydroxyl groups is 1. The second kappa shape index (κ2) is 3.00. The fraction of sp³-hybridized carbons (Fsp3) is 0.400. The Kier molecular flexibility index (Phi) is 2.08. The Labute approximate surface area is 86.1 Å². The van der Waals surface area contributed by atoms with E-state index in [0.717, 1.165) is 22.9 Å². The first-order valence-corrected chi connectivity index (χ1v) is 5.16. The third kappa shape index (κ3) is 1.36. The number of phenolic OH excluding ortho intramolecular Hbond substituents is 1. The van der Waals surface area contributed by atoms with Gasteiger partial charge in [0.25, 0.3) is 0 Å². The number of para-hydroxylation sites is 1. The van der Waals surface area contributed by atoms with Gasteiger partial charge in [-0.3, -0.25) is 0 Å². The molecule has 0 saturated heterocycles. The molecule has 0 aliphatic heterocycles. The van der Waals surface area contributed by atoms with Crippen LogP contribution in [-0.4, -0.2) is 12.2 Å². The Morgan fingerprint density at radius 2 is 2.15 bits per heavy atom. The summed E-state index contributed by atoms with van der Waals surface area (Å²) < 4.78 is 0.770. The first kappa shape index (κ1) is 9.03. The van der Waals surface area contributed by atoms with Crippen LogP contribution >= 0.6 is 15.9 Å². The summed E-state index contributed by atoms with van der Waals surface area (Å²) in [5, 5.41) is 13.1. The highest BCUT2D eigenvalue weighted by Gasteiger charge is 2.44. The number of rotatable bonds is 2. The van der Waals surface area contributed by atoms with Crippen molar-refractivity contribution in [2.24, 2.45) is 0 Å². The molecule has 0 aromatic heterocycles. The maximum Gasteiger partial charge on any atom is 0.134 e. The Hall–Kier alpha value is -0.540. The van der Waals surface area contributed by atoms with Crippen molar-refractivity contribution < 1.29 is 5.11 Å². The summed E-state index contributed by atoms with van der Waals surface area (Å²) in [6, 6.07) is 5.78. The summed E-state index contributed by atoms with van der Waals surface area (Å²) in [4.78, 5) is 0. The highest BCUT2D eigenvalue weighted by Crippen LogP contribution is 2.49. The minimum atomic E-state index is 0.0356. The smallest absolute Gasteiger partial charge is 0.134 e. The molecule has 0 radical (unpaired) electrons. The second-order valence-corrected chi connectivity index (χ2v) is 4.32. The van der Waals surface area contributed by atoms with Crippen molar-refractivity contribution in [3.05, 3.63) is 28.2 Å². The lowest BCUT2D eigenvalue weighted by Gasteiger charge is -2.16. The SMILES string of the molecule is CNC1(c2cccc(Br)c2O)CC1. The van der Waals surface area contributed by atoms with Crippen molar-refractivity contribution in [3.8, 4) is 5.75 Å². The van der Waals surface area contributed by atoms with E-state index in [1.807, 2.05) is 25.2 Å². The van der Waals surface area contributed by atoms with E-state index in [4.69, 9.17) is 0 Å². The zero-order valence-corrected chi connectivity index (χ0v) is 9.06. The van der Waals surface area contributed by atoms with Gasteiger partial charge in [0.1, 0.15) is 5.75 Å². The van der Waals surface area contributed by atoms with Gasteiger partial charge in [0, 0.05) is 11.1 Å². The van der Waals surface area contributed by atoms with Crippen LogP contribution in [-0.2, 0) is 5.54 Å². The predicted octanol–water partition coefficient (Wildman–Crippen LogP) is 2.36. The van der Waals surface area contributed by atoms with Crippen LogP contribution in [0.4, 0.5) is 0 Å². The molecular weight excluding hydrogens is 230 g/mol. The van der Waals surface area contributed by atoms with Gasteiger partial charge >= 0.3 is 0 Å².